The Kier molecular flexibility index (Phi) is 34.5. The largest absolute Gasteiger partial charge is 0.432 e. The summed E-state index contributed by atoms with van der Waals surface area (Å²) in [5.41, 5.74) is -7.19. The van der Waals surface area contributed by atoms with E-state index < -0.39 is 329 Å². The lowest BCUT2D eigenvalue weighted by molar-refractivity contribution is -0.386. The number of carbonyl (C=O) groups is 3. The Bertz CT molecular complexity index is 3720. The molecular formula is C87H141NO41. The summed E-state index contributed by atoms with van der Waals surface area (Å²) in [6.45, 7) is 12.4. The van der Waals surface area contributed by atoms with Gasteiger partial charge in [-0.25, -0.2) is 0 Å². The number of unbranched alkanes of at least 4 members (excludes halogenated alkanes) is 8. The number of fused-ring (bicyclic) bond motifs is 7. The summed E-state index contributed by atoms with van der Waals surface area (Å²) in [5, 5.41) is 228. The van der Waals surface area contributed by atoms with Crippen LogP contribution in [-0.4, -0.2) is 399 Å². The maximum absolute atomic E-state index is 16.7. The Hall–Kier alpha value is -3.67. The van der Waals surface area contributed by atoms with Crippen molar-refractivity contribution in [2.75, 3.05) is 46.2 Å². The van der Waals surface area contributed by atoms with Crippen molar-refractivity contribution in [2.24, 2.45) is 50.2 Å². The first-order chi connectivity index (χ1) is 61.0. The molecule has 42 heteroatoms. The van der Waals surface area contributed by atoms with E-state index in [1.807, 2.05) is 0 Å². The molecular weight excluding hydrogens is 1710 g/mol. The number of esters is 1. The lowest BCUT2D eigenvalue weighted by Crippen LogP contribution is -2.71. The van der Waals surface area contributed by atoms with Crippen LogP contribution < -0.4 is 5.32 Å². The van der Waals surface area contributed by atoms with Crippen LogP contribution in [0.4, 0.5) is 0 Å². The van der Waals surface area contributed by atoms with E-state index >= 15 is 4.79 Å². The van der Waals surface area contributed by atoms with E-state index in [0.717, 1.165) is 56.8 Å². The van der Waals surface area contributed by atoms with E-state index in [1.54, 1.807) is 6.92 Å². The zero-order valence-corrected chi connectivity index (χ0v) is 74.6. The summed E-state index contributed by atoms with van der Waals surface area (Å²) in [4.78, 5) is 61.8. The molecule has 16 unspecified atom stereocenters. The zero-order chi connectivity index (χ0) is 94.3. The van der Waals surface area contributed by atoms with Gasteiger partial charge in [-0.05, 0) is 117 Å². The smallest absolute Gasteiger partial charge is 0.373 e. The molecule has 0 aromatic rings. The molecule has 740 valence electrons. The molecule has 12 fully saturated rings. The first kappa shape index (κ1) is 104. The third-order valence-corrected chi connectivity index (χ3v) is 31.2. The van der Waals surface area contributed by atoms with Crippen molar-refractivity contribution >= 4 is 24.3 Å². The minimum absolute atomic E-state index is 0.0141. The summed E-state index contributed by atoms with van der Waals surface area (Å²) < 4.78 is 99.3. The average molecular weight is 1860 g/mol. The van der Waals surface area contributed by atoms with Gasteiger partial charge in [-0.1, -0.05) is 111 Å². The highest BCUT2D eigenvalue weighted by molar-refractivity contribution is 5.80. The summed E-state index contributed by atoms with van der Waals surface area (Å²) in [6.07, 6.45) is -46.8. The van der Waals surface area contributed by atoms with E-state index in [4.69, 9.17) is 85.4 Å². The number of carbonyl (C=O) groups excluding carboxylic acids is 5. The van der Waals surface area contributed by atoms with E-state index in [2.05, 4.69) is 52.9 Å². The number of allylic oxidation sites excluding steroid dienone is 2. The van der Waals surface area contributed by atoms with Crippen molar-refractivity contribution in [2.45, 2.75) is 411 Å². The normalized spacial score (nSPS) is 49.7. The van der Waals surface area contributed by atoms with Crippen LogP contribution in [0, 0.1) is 50.2 Å². The Morgan fingerprint density at radius 3 is 1.65 bits per heavy atom. The summed E-state index contributed by atoms with van der Waals surface area (Å²) in [5.74, 6) is -3.01. The molecule has 42 nitrogen and oxygen atoms in total. The molecule has 8 aliphatic heterocycles. The number of rotatable bonds is 31. The van der Waals surface area contributed by atoms with Gasteiger partial charge in [0, 0.05) is 6.42 Å². The quantitative estimate of drug-likeness (QED) is 0.0102. The Labute approximate surface area is 747 Å². The third kappa shape index (κ3) is 20.5. The van der Waals surface area contributed by atoms with Crippen LogP contribution in [0.3, 0.4) is 0 Å². The molecule has 0 spiro atoms. The molecule has 21 N–H and O–H groups in total. The third-order valence-electron chi connectivity index (χ3n) is 31.2. The summed E-state index contributed by atoms with van der Waals surface area (Å²) in [7, 11) is 0. The van der Waals surface area contributed by atoms with E-state index in [1.165, 1.54) is 13.8 Å². The van der Waals surface area contributed by atoms with Crippen molar-refractivity contribution in [1.29, 1.82) is 0 Å². The van der Waals surface area contributed by atoms with Gasteiger partial charge in [0.1, 0.15) is 152 Å². The Morgan fingerprint density at radius 1 is 0.504 bits per heavy atom. The number of hydrogen-bond acceptors (Lipinski definition) is 41. The first-order valence-corrected chi connectivity index (χ1v) is 45.7. The molecule has 0 bridgehead atoms. The predicted octanol–water partition coefficient (Wildman–Crippen LogP) is -4.51. The Morgan fingerprint density at radius 2 is 1.03 bits per heavy atom. The minimum atomic E-state index is -2.19. The van der Waals surface area contributed by atoms with Crippen LogP contribution in [0.2, 0.25) is 0 Å². The maximum Gasteiger partial charge on any atom is 0.373 e. The molecule has 1 amide bonds. The molecule has 13 rings (SSSR count). The van der Waals surface area contributed by atoms with Crippen molar-refractivity contribution in [1.82, 2.24) is 5.32 Å². The van der Waals surface area contributed by atoms with Gasteiger partial charge in [0.15, 0.2) is 50.1 Å². The van der Waals surface area contributed by atoms with Crippen molar-refractivity contribution < 1.29 is 202 Å². The molecule has 45 atom stereocenters. The topological polar surface area (TPSA) is 650 Å². The zero-order valence-electron chi connectivity index (χ0n) is 74.6. The molecule has 8 saturated heterocycles. The number of aliphatic hydroxyl groups is 20. The number of ether oxygens (including phenoxy) is 16. The monoisotopic (exact) mass is 1860 g/mol. The minimum Gasteiger partial charge on any atom is -0.432 e. The second-order valence-electron chi connectivity index (χ2n) is 39.8. The second kappa shape index (κ2) is 42.7. The molecule has 5 aliphatic carbocycles. The van der Waals surface area contributed by atoms with E-state index in [0.29, 0.717) is 51.4 Å². The number of aldehydes is 1. The van der Waals surface area contributed by atoms with Gasteiger partial charge >= 0.3 is 12.1 Å². The van der Waals surface area contributed by atoms with Gasteiger partial charge in [0.2, 0.25) is 12.2 Å². The average Bonchev–Trinajstić information content (AvgIpc) is 1.05. The maximum atomic E-state index is 16.7. The molecule has 13 aliphatic rings. The van der Waals surface area contributed by atoms with Crippen molar-refractivity contribution in [3.63, 3.8) is 0 Å². The number of nitrogens with one attached hydrogen (secondary N) is 1. The lowest BCUT2D eigenvalue weighted by Gasteiger charge is -2.71. The first-order valence-electron chi connectivity index (χ1n) is 45.7. The standard InChI is InChI=1S/C86H141NO39.CO2/c1-10-11-12-13-14-15-16-17-18-19-51(96)87-52-45(30-88)117-77(69(67(52)123-73-60(104)56(100)53(97)38(2)115-73)125-74-62(106)58(102)64(39(3)116-74)120-72-63(107)65(43(93)33-112-72)121-78-70(108)85(110,36-91)37-114-78)126-79(109)86-27-26-80(4,5)28-41(86)40-20-21-48-81(6)24-23-50(82(7,35-90)47(81)22-25-83(48,8)84(40,9)29-49(86)95)119-76-68(124-75-61(105)57(101)55(99)46(31-89)118-75)66(44(94)34-113-76)122-71-59(103)54(98)42(92)32-111-71;2-1-3/h20,35,38-39,41-50,52-78,88-89,91-95,97-108,110H,10-19,21-34,36-37H2,1-9H3,(H,87,96);/t38?,39?,41?,42-,43-,44-,45?,46?,47-,48?,49?,50+,52+,53+,54+,55+,56+,57+,58?,59?,60?,61?,62+,63-,64+,65?,66+,67?,68?,69-,70?,71+,72+,73+,74+,75+,76+,77+,78+,81?,82-,83+,84-,85+,86-;/m1./s1. The molecule has 4 saturated carbocycles. The van der Waals surface area contributed by atoms with E-state index in [9.17, 15) is 112 Å². The molecule has 8 heterocycles. The van der Waals surface area contributed by atoms with Gasteiger partial charge in [0.25, 0.3) is 0 Å². The van der Waals surface area contributed by atoms with Gasteiger partial charge in [0.05, 0.1) is 82.1 Å². The van der Waals surface area contributed by atoms with Crippen LogP contribution in [0.1, 0.15) is 184 Å². The SMILES string of the molecule is CCCCCCCCCCCC(=O)N[C@H]1C(CO)O[C@@H](OC(=O)[C@]23CCC(C)(C)CC2C2=CCC4C5(C)CC[C@H](O[C@@H]6OC[C@@H](O)[C@H](O[C@@H]7OC[C@@H](O)[C@H](O)C7O)C6O[C@@H]6OC(CO)[C@H](O)[C@H](O)C6O)[C@](C)(C=O)[C@@H]5CC[C@]4(C)[C@]2(C)CC3O)[C@H](O[C@@H]2OC(C)[C@H](O[C@@H]3OC[C@@H](O)C(O[C@@H]4OC[C@@](O)(CO)C4O)[C@H]3O)C(O)[C@@H]2O)C1O[C@@H]1OC(C)[C@H](O)[C@H](O)C1O.O=C=O. The van der Waals surface area contributed by atoms with Crippen LogP contribution in [-0.2, 0) is 99.8 Å². The van der Waals surface area contributed by atoms with Crippen LogP contribution in [0.5, 0.6) is 0 Å². The predicted molar refractivity (Wildman–Crippen MR) is 431 cm³/mol. The van der Waals surface area contributed by atoms with Gasteiger partial charge in [-0.2, -0.15) is 9.59 Å². The van der Waals surface area contributed by atoms with Crippen molar-refractivity contribution in [3.05, 3.63) is 11.6 Å². The fraction of sp³-hybridized carbons (Fsp3) is 0.931. The molecule has 129 heavy (non-hydrogen) atoms. The van der Waals surface area contributed by atoms with E-state index in [-0.39, 0.29) is 37.8 Å². The second-order valence-corrected chi connectivity index (χ2v) is 39.8. The molecule has 0 radical (unpaired) electrons. The van der Waals surface area contributed by atoms with Gasteiger partial charge in [-0.3, -0.25) is 9.59 Å². The fourth-order valence-corrected chi connectivity index (χ4v) is 23.3. The molecule has 0 aromatic heterocycles. The van der Waals surface area contributed by atoms with Crippen LogP contribution >= 0.6 is 0 Å². The van der Waals surface area contributed by atoms with Gasteiger partial charge < -0.3 is 188 Å². The summed E-state index contributed by atoms with van der Waals surface area (Å²) in [6, 6.07) is -1.56. The van der Waals surface area contributed by atoms with Crippen LogP contribution in [0.25, 0.3) is 0 Å². The number of amides is 1. The lowest BCUT2D eigenvalue weighted by atomic mass is 9.33. The number of aliphatic hydroxyl groups excluding tert-OH is 19. The highest BCUT2D eigenvalue weighted by Gasteiger charge is 2.74. The Balaban J connectivity index is 0.00000496. The van der Waals surface area contributed by atoms with Gasteiger partial charge in [-0.15, -0.1) is 0 Å². The summed E-state index contributed by atoms with van der Waals surface area (Å²) >= 11 is 0. The van der Waals surface area contributed by atoms with Crippen LogP contribution in [0.15, 0.2) is 11.6 Å². The highest BCUT2D eigenvalue weighted by atomic mass is 16.8. The fourth-order valence-electron chi connectivity index (χ4n) is 23.3. The molecule has 0 aromatic carbocycles. The number of hydrogen-bond donors (Lipinski definition) is 21. The highest BCUT2D eigenvalue weighted by Crippen LogP contribution is 2.76. The van der Waals surface area contributed by atoms with Crippen molar-refractivity contribution in [3.8, 4) is 0 Å².